The number of hydrogen-bond acceptors (Lipinski definition) is 2. The molecule has 1 radical (unpaired) electrons. The Bertz CT molecular complexity index is 323. The van der Waals surface area contributed by atoms with Crippen LogP contribution in [0.5, 0.6) is 0 Å². The summed E-state index contributed by atoms with van der Waals surface area (Å²) in [4.78, 5) is 4.95. The summed E-state index contributed by atoms with van der Waals surface area (Å²) in [7, 11) is 0. The predicted octanol–water partition coefficient (Wildman–Crippen LogP) is 1.67. The van der Waals surface area contributed by atoms with Gasteiger partial charge in [-0.25, -0.2) is 0 Å². The van der Waals surface area contributed by atoms with Crippen LogP contribution < -0.4 is 0 Å². The van der Waals surface area contributed by atoms with E-state index in [4.69, 9.17) is 4.74 Å². The molecule has 1 aromatic carbocycles. The van der Waals surface area contributed by atoms with Crippen molar-refractivity contribution in [1.29, 1.82) is 0 Å². The van der Waals surface area contributed by atoms with E-state index in [1.165, 1.54) is 5.56 Å². The third-order valence-corrected chi connectivity index (χ3v) is 2.53. The molecule has 2 atom stereocenters. The fourth-order valence-electron chi connectivity index (χ4n) is 1.46. The molecule has 1 aromatic rings. The van der Waals surface area contributed by atoms with E-state index in [2.05, 4.69) is 40.1 Å². The monoisotopic (exact) mass is 240 g/mol. The van der Waals surface area contributed by atoms with Gasteiger partial charge in [0.25, 0.3) is 0 Å². The van der Waals surface area contributed by atoms with Crippen LogP contribution in [0.3, 0.4) is 0 Å². The molecule has 0 aromatic heterocycles. The Labute approximate surface area is 85.8 Å². The molecule has 0 bridgehead atoms. The van der Waals surface area contributed by atoms with Gasteiger partial charge in [0, 0.05) is 0 Å². The predicted molar refractivity (Wildman–Crippen MR) is 52.9 cm³/mol. The van der Waals surface area contributed by atoms with Gasteiger partial charge in [-0.1, -0.05) is 0 Å². The Morgan fingerprint density at radius 3 is 2.54 bits per heavy atom. The number of hydrogen-bond donors (Lipinski definition) is 0. The van der Waals surface area contributed by atoms with Gasteiger partial charge in [0.2, 0.25) is 0 Å². The first-order valence-electron chi connectivity index (χ1n) is 4.24. The Kier molecular flexibility index (Phi) is 2.38. The fourth-order valence-corrected chi connectivity index (χ4v) is 2.03. The Balaban J connectivity index is 2.21. The van der Waals surface area contributed by atoms with Crippen LogP contribution in [0.2, 0.25) is 0 Å². The number of ether oxygens (including phenoxy) is 1. The normalized spacial score (nSPS) is 26.7. The van der Waals surface area contributed by atoms with Crippen LogP contribution in [0.15, 0.2) is 35.3 Å². The average molecular weight is 239 g/mol. The van der Waals surface area contributed by atoms with E-state index in [1.807, 2.05) is 18.2 Å². The van der Waals surface area contributed by atoms with Crippen molar-refractivity contribution in [2.75, 3.05) is 0 Å². The van der Waals surface area contributed by atoms with Gasteiger partial charge in [-0.3, -0.25) is 0 Å². The molecule has 13 heavy (non-hydrogen) atoms. The Morgan fingerprint density at radius 2 is 2.00 bits per heavy atom. The van der Waals surface area contributed by atoms with E-state index in [-0.39, 0.29) is 12.1 Å². The number of aliphatic imine (C=N–C) groups is 1. The Hall–Kier alpha value is -0.791. The van der Waals surface area contributed by atoms with Gasteiger partial charge in [-0.15, -0.1) is 0 Å². The van der Waals surface area contributed by atoms with Gasteiger partial charge in [-0.05, 0) is 0 Å². The quantitative estimate of drug-likeness (QED) is 0.683. The molecule has 1 heterocycles. The summed E-state index contributed by atoms with van der Waals surface area (Å²) >= 11 is 2.80. The van der Waals surface area contributed by atoms with Gasteiger partial charge in [0.1, 0.15) is 0 Å². The maximum atomic E-state index is 5.55. The molecular weight excluding hydrogens is 229 g/mol. The molecule has 67 valence electrons. The van der Waals surface area contributed by atoms with E-state index < -0.39 is 0 Å². The van der Waals surface area contributed by atoms with Crippen molar-refractivity contribution in [2.45, 2.75) is 19.1 Å². The SMILES string of the molecule is CC1N=C([Se])OC1c1ccccc1. The minimum atomic E-state index is 0.0810. The van der Waals surface area contributed by atoms with Crippen LogP contribution in [0.4, 0.5) is 0 Å². The summed E-state index contributed by atoms with van der Waals surface area (Å²) in [6, 6.07) is 10.4. The van der Waals surface area contributed by atoms with E-state index >= 15 is 0 Å². The van der Waals surface area contributed by atoms with E-state index in [9.17, 15) is 0 Å². The Morgan fingerprint density at radius 1 is 1.31 bits per heavy atom. The first-order chi connectivity index (χ1) is 6.27. The third kappa shape index (κ3) is 1.76. The van der Waals surface area contributed by atoms with Crippen molar-refractivity contribution in [3.05, 3.63) is 35.9 Å². The first kappa shape index (κ1) is 8.79. The average Bonchev–Trinajstić information content (AvgIpc) is 2.47. The molecule has 0 saturated heterocycles. The van der Waals surface area contributed by atoms with Crippen LogP contribution in [0, 0.1) is 0 Å². The van der Waals surface area contributed by atoms with Crippen molar-refractivity contribution in [1.82, 2.24) is 0 Å². The summed E-state index contributed by atoms with van der Waals surface area (Å²) < 4.78 is 5.55. The zero-order chi connectivity index (χ0) is 9.26. The van der Waals surface area contributed by atoms with Crippen LogP contribution in [0.1, 0.15) is 18.6 Å². The molecule has 0 amide bonds. The van der Waals surface area contributed by atoms with Gasteiger partial charge >= 0.3 is 85.5 Å². The molecule has 2 rings (SSSR count). The van der Waals surface area contributed by atoms with Gasteiger partial charge < -0.3 is 0 Å². The third-order valence-electron chi connectivity index (χ3n) is 2.10. The second-order valence-electron chi connectivity index (χ2n) is 3.08. The molecular formula is C10H10NOSe. The molecule has 2 unspecified atom stereocenters. The number of benzene rings is 1. The van der Waals surface area contributed by atoms with Crippen LogP contribution >= 0.6 is 0 Å². The van der Waals surface area contributed by atoms with Crippen molar-refractivity contribution < 1.29 is 4.74 Å². The second-order valence-corrected chi connectivity index (χ2v) is 3.82. The standard InChI is InChI=1S/C10H10NOSe/c1-7-9(12-10(13)11-7)8-5-3-2-4-6-8/h2-7,9H,1H3. The van der Waals surface area contributed by atoms with Crippen molar-refractivity contribution in [3.8, 4) is 0 Å². The molecule has 0 aliphatic carbocycles. The molecule has 0 saturated carbocycles. The first-order valence-corrected chi connectivity index (χ1v) is 5.09. The number of rotatable bonds is 1. The molecule has 1 aliphatic heterocycles. The summed E-state index contributed by atoms with van der Waals surface area (Å²) in [5.74, 6) is 0. The van der Waals surface area contributed by atoms with Crippen molar-refractivity contribution in [3.63, 3.8) is 0 Å². The van der Waals surface area contributed by atoms with Gasteiger partial charge in [-0.2, -0.15) is 0 Å². The topological polar surface area (TPSA) is 21.6 Å². The zero-order valence-electron chi connectivity index (χ0n) is 7.31. The molecule has 3 heteroatoms. The molecule has 0 fully saturated rings. The molecule has 0 N–H and O–H groups in total. The molecule has 0 spiro atoms. The second kappa shape index (κ2) is 3.52. The minimum absolute atomic E-state index is 0.0810. The van der Waals surface area contributed by atoms with Crippen molar-refractivity contribution in [2.24, 2.45) is 4.99 Å². The molecule has 2 nitrogen and oxygen atoms in total. The maximum absolute atomic E-state index is 5.55. The summed E-state index contributed by atoms with van der Waals surface area (Å²) in [5, 5.41) is 0. The van der Waals surface area contributed by atoms with Gasteiger partial charge in [0.05, 0.1) is 0 Å². The number of nitrogens with zero attached hydrogens (tertiary/aromatic N) is 1. The van der Waals surface area contributed by atoms with E-state index in [0.717, 1.165) is 0 Å². The zero-order valence-corrected chi connectivity index (χ0v) is 9.02. The summed E-state index contributed by atoms with van der Waals surface area (Å²) in [6.45, 7) is 2.06. The summed E-state index contributed by atoms with van der Waals surface area (Å²) in [6.07, 6.45) is 0.0810. The van der Waals surface area contributed by atoms with Crippen LogP contribution in [0.25, 0.3) is 0 Å². The summed E-state index contributed by atoms with van der Waals surface area (Å²) in [5.41, 5.74) is 1.18. The molecule has 1 aliphatic rings. The van der Waals surface area contributed by atoms with E-state index in [1.54, 1.807) is 0 Å². The fraction of sp³-hybridized carbons (Fsp3) is 0.300. The van der Waals surface area contributed by atoms with E-state index in [0.29, 0.717) is 4.80 Å². The van der Waals surface area contributed by atoms with Crippen LogP contribution in [-0.2, 0) is 4.74 Å². The van der Waals surface area contributed by atoms with Gasteiger partial charge in [0.15, 0.2) is 0 Å². The van der Waals surface area contributed by atoms with Crippen LogP contribution in [-0.4, -0.2) is 26.9 Å². The van der Waals surface area contributed by atoms with Crippen molar-refractivity contribution >= 4 is 20.8 Å².